The molecule has 0 saturated heterocycles. The second kappa shape index (κ2) is 7.91. The Morgan fingerprint density at radius 2 is 1.74 bits per heavy atom. The molecule has 27 heavy (non-hydrogen) atoms. The number of anilines is 1. The van der Waals surface area contributed by atoms with Gasteiger partial charge in [-0.15, -0.1) is 0 Å². The molecule has 0 aromatic heterocycles. The van der Waals surface area contributed by atoms with Crippen molar-refractivity contribution < 1.29 is 14.3 Å². The molecule has 0 atom stereocenters. The zero-order valence-electron chi connectivity index (χ0n) is 15.7. The predicted octanol–water partition coefficient (Wildman–Crippen LogP) is 4.08. The quantitative estimate of drug-likeness (QED) is 0.744. The number of benzene rings is 3. The van der Waals surface area contributed by atoms with Crippen LogP contribution in [-0.4, -0.2) is 30.9 Å². The monoisotopic (exact) mass is 362 g/mol. The molecule has 0 aliphatic heterocycles. The zero-order valence-corrected chi connectivity index (χ0v) is 15.7. The van der Waals surface area contributed by atoms with Gasteiger partial charge in [-0.3, -0.25) is 9.59 Å². The first-order valence-corrected chi connectivity index (χ1v) is 8.66. The Morgan fingerprint density at radius 3 is 2.48 bits per heavy atom. The molecular weight excluding hydrogens is 340 g/mol. The van der Waals surface area contributed by atoms with Crippen LogP contribution in [-0.2, 0) is 11.3 Å². The summed E-state index contributed by atoms with van der Waals surface area (Å²) < 4.78 is 5.25. The van der Waals surface area contributed by atoms with Crippen LogP contribution in [0, 0.1) is 0 Å². The number of fused-ring (bicyclic) bond motifs is 1. The van der Waals surface area contributed by atoms with Crippen LogP contribution in [0.3, 0.4) is 0 Å². The molecule has 138 valence electrons. The number of amides is 2. The van der Waals surface area contributed by atoms with Gasteiger partial charge in [0.2, 0.25) is 5.91 Å². The fourth-order valence-corrected chi connectivity index (χ4v) is 3.00. The van der Waals surface area contributed by atoms with Crippen LogP contribution in [0.15, 0.2) is 60.7 Å². The summed E-state index contributed by atoms with van der Waals surface area (Å²) in [5.74, 6) is 0.555. The number of ether oxygens (including phenoxy) is 1. The predicted molar refractivity (Wildman–Crippen MR) is 107 cm³/mol. The minimum atomic E-state index is -0.166. The van der Waals surface area contributed by atoms with E-state index in [9.17, 15) is 9.59 Å². The highest BCUT2D eigenvalue weighted by atomic mass is 16.5. The average Bonchev–Trinajstić information content (AvgIpc) is 2.66. The maximum atomic E-state index is 12.7. The van der Waals surface area contributed by atoms with Crippen molar-refractivity contribution >= 4 is 28.3 Å². The molecule has 0 heterocycles. The first-order valence-electron chi connectivity index (χ1n) is 8.66. The maximum absolute atomic E-state index is 12.7. The van der Waals surface area contributed by atoms with Gasteiger partial charge >= 0.3 is 0 Å². The third-order valence-electron chi connectivity index (χ3n) is 4.31. The van der Waals surface area contributed by atoms with Crippen molar-refractivity contribution in [2.75, 3.05) is 19.5 Å². The molecule has 1 N–H and O–H groups in total. The van der Waals surface area contributed by atoms with Crippen LogP contribution < -0.4 is 10.1 Å². The van der Waals surface area contributed by atoms with E-state index in [4.69, 9.17) is 4.74 Å². The lowest BCUT2D eigenvalue weighted by atomic mass is 10.1. The third-order valence-corrected chi connectivity index (χ3v) is 4.31. The van der Waals surface area contributed by atoms with Crippen LogP contribution in [0.5, 0.6) is 5.75 Å². The van der Waals surface area contributed by atoms with Crippen molar-refractivity contribution in [2.24, 2.45) is 0 Å². The Hall–Kier alpha value is -3.34. The molecule has 0 unspecified atom stereocenters. The second-order valence-electron chi connectivity index (χ2n) is 6.47. The number of hydrogen-bond donors (Lipinski definition) is 1. The lowest BCUT2D eigenvalue weighted by molar-refractivity contribution is -0.114. The second-order valence-corrected chi connectivity index (χ2v) is 6.47. The molecule has 0 aliphatic rings. The normalized spacial score (nSPS) is 10.5. The lowest BCUT2D eigenvalue weighted by Gasteiger charge is -2.18. The number of nitrogens with zero attached hydrogens (tertiary/aromatic N) is 1. The molecule has 3 aromatic rings. The van der Waals surface area contributed by atoms with Crippen LogP contribution in [0.25, 0.3) is 10.8 Å². The lowest BCUT2D eigenvalue weighted by Crippen LogP contribution is -2.26. The first-order chi connectivity index (χ1) is 13.0. The highest BCUT2D eigenvalue weighted by Crippen LogP contribution is 2.22. The van der Waals surface area contributed by atoms with Gasteiger partial charge in [0.15, 0.2) is 0 Å². The van der Waals surface area contributed by atoms with Gasteiger partial charge in [0, 0.05) is 31.8 Å². The van der Waals surface area contributed by atoms with E-state index >= 15 is 0 Å². The van der Waals surface area contributed by atoms with Crippen molar-refractivity contribution in [3.8, 4) is 5.75 Å². The smallest absolute Gasteiger partial charge is 0.253 e. The minimum absolute atomic E-state index is 0.1000. The Bertz CT molecular complexity index is 998. The summed E-state index contributed by atoms with van der Waals surface area (Å²) >= 11 is 0. The molecule has 2 amide bonds. The standard InChI is InChI=1S/C22H22N2O3/c1-15(25)23-20-6-4-5-19(12-20)22(26)24(2)14-16-7-8-18-13-21(27-3)10-9-17(18)11-16/h4-13H,14H2,1-3H3,(H,23,25). The summed E-state index contributed by atoms with van der Waals surface area (Å²) in [6.07, 6.45) is 0. The van der Waals surface area contributed by atoms with E-state index in [0.29, 0.717) is 17.8 Å². The van der Waals surface area contributed by atoms with Gasteiger partial charge in [0.1, 0.15) is 5.75 Å². The molecule has 0 bridgehead atoms. The Morgan fingerprint density at radius 1 is 1.00 bits per heavy atom. The number of hydrogen-bond acceptors (Lipinski definition) is 3. The SMILES string of the molecule is COc1ccc2cc(CN(C)C(=O)c3cccc(NC(C)=O)c3)ccc2c1. The molecule has 0 fully saturated rings. The van der Waals surface area contributed by atoms with E-state index < -0.39 is 0 Å². The number of nitrogens with one attached hydrogen (secondary N) is 1. The number of rotatable bonds is 5. The van der Waals surface area contributed by atoms with Crippen LogP contribution >= 0.6 is 0 Å². The van der Waals surface area contributed by atoms with Gasteiger partial charge in [0.25, 0.3) is 5.91 Å². The van der Waals surface area contributed by atoms with Gasteiger partial charge < -0.3 is 15.0 Å². The Kier molecular flexibility index (Phi) is 5.41. The van der Waals surface area contributed by atoms with E-state index in [1.165, 1.54) is 6.92 Å². The minimum Gasteiger partial charge on any atom is -0.497 e. The van der Waals surface area contributed by atoms with Gasteiger partial charge in [-0.2, -0.15) is 0 Å². The summed E-state index contributed by atoms with van der Waals surface area (Å²) in [6, 6.07) is 19.0. The number of methoxy groups -OCH3 is 1. The van der Waals surface area contributed by atoms with Crippen molar-refractivity contribution in [3.63, 3.8) is 0 Å². The summed E-state index contributed by atoms with van der Waals surface area (Å²) in [6.45, 7) is 1.93. The van der Waals surface area contributed by atoms with Crippen LogP contribution in [0.2, 0.25) is 0 Å². The van der Waals surface area contributed by atoms with Crippen molar-refractivity contribution in [1.29, 1.82) is 0 Å². The summed E-state index contributed by atoms with van der Waals surface area (Å²) in [7, 11) is 3.42. The number of carbonyl (C=O) groups excluding carboxylic acids is 2. The molecule has 0 radical (unpaired) electrons. The molecule has 3 rings (SSSR count). The fraction of sp³-hybridized carbons (Fsp3) is 0.182. The van der Waals surface area contributed by atoms with Gasteiger partial charge in [0.05, 0.1) is 7.11 Å². The highest BCUT2D eigenvalue weighted by Gasteiger charge is 2.13. The molecular formula is C22H22N2O3. The molecule has 5 nitrogen and oxygen atoms in total. The van der Waals surface area contributed by atoms with Gasteiger partial charge in [-0.1, -0.05) is 24.3 Å². The van der Waals surface area contributed by atoms with Gasteiger partial charge in [-0.05, 0) is 52.7 Å². The summed E-state index contributed by atoms with van der Waals surface area (Å²) in [5, 5.41) is 4.89. The largest absolute Gasteiger partial charge is 0.497 e. The molecule has 0 saturated carbocycles. The third kappa shape index (κ3) is 4.44. The average molecular weight is 362 g/mol. The highest BCUT2D eigenvalue weighted by molar-refractivity contribution is 5.96. The molecule has 0 spiro atoms. The zero-order chi connectivity index (χ0) is 19.4. The summed E-state index contributed by atoms with van der Waals surface area (Å²) in [4.78, 5) is 25.6. The van der Waals surface area contributed by atoms with E-state index in [1.807, 2.05) is 30.3 Å². The van der Waals surface area contributed by atoms with Crippen LogP contribution in [0.4, 0.5) is 5.69 Å². The number of carbonyl (C=O) groups is 2. The Labute approximate surface area is 158 Å². The van der Waals surface area contributed by atoms with E-state index in [0.717, 1.165) is 22.1 Å². The van der Waals surface area contributed by atoms with E-state index in [2.05, 4.69) is 11.4 Å². The molecule has 5 heteroatoms. The Balaban J connectivity index is 1.76. The first kappa shape index (κ1) is 18.5. The topological polar surface area (TPSA) is 58.6 Å². The van der Waals surface area contributed by atoms with Crippen molar-refractivity contribution in [3.05, 3.63) is 71.8 Å². The maximum Gasteiger partial charge on any atom is 0.253 e. The molecule has 0 aliphatic carbocycles. The van der Waals surface area contributed by atoms with Gasteiger partial charge in [-0.25, -0.2) is 0 Å². The van der Waals surface area contributed by atoms with Crippen LogP contribution in [0.1, 0.15) is 22.8 Å². The summed E-state index contributed by atoms with van der Waals surface area (Å²) in [5.41, 5.74) is 2.19. The fourth-order valence-electron chi connectivity index (χ4n) is 3.00. The van der Waals surface area contributed by atoms with Crippen molar-refractivity contribution in [2.45, 2.75) is 13.5 Å². The van der Waals surface area contributed by atoms with E-state index in [1.54, 1.807) is 43.3 Å². The van der Waals surface area contributed by atoms with Crippen molar-refractivity contribution in [1.82, 2.24) is 4.90 Å². The molecule has 3 aromatic carbocycles. The van der Waals surface area contributed by atoms with E-state index in [-0.39, 0.29) is 11.8 Å².